The zero-order chi connectivity index (χ0) is 24.4. The number of amides is 3. The van der Waals surface area contributed by atoms with Crippen LogP contribution in [-0.4, -0.2) is 24.8 Å². The van der Waals surface area contributed by atoms with E-state index in [1.54, 1.807) is 55.6 Å². The highest BCUT2D eigenvalue weighted by Gasteiger charge is 2.40. The molecule has 0 aromatic heterocycles. The molecule has 1 aliphatic heterocycles. The quantitative estimate of drug-likeness (QED) is 0.528. The molecule has 4 rings (SSSR count). The molecule has 0 radical (unpaired) electrons. The molecule has 0 saturated carbocycles. The number of hydrogen-bond donors (Lipinski definition) is 2. The van der Waals surface area contributed by atoms with Crippen molar-refractivity contribution in [2.45, 2.75) is 20.8 Å². The summed E-state index contributed by atoms with van der Waals surface area (Å²) in [6.45, 7) is 5.22. The lowest BCUT2D eigenvalue weighted by Gasteiger charge is -2.18. The second-order valence-corrected chi connectivity index (χ2v) is 8.10. The summed E-state index contributed by atoms with van der Waals surface area (Å²) in [5.41, 5.74) is 4.63. The molecule has 0 saturated heterocycles. The third-order valence-electron chi connectivity index (χ3n) is 5.54. The van der Waals surface area contributed by atoms with Crippen molar-refractivity contribution in [2.24, 2.45) is 0 Å². The lowest BCUT2D eigenvalue weighted by atomic mass is 10.0. The number of anilines is 3. The summed E-state index contributed by atoms with van der Waals surface area (Å²) in [5.74, 6) is -0.363. The molecule has 0 aliphatic carbocycles. The van der Waals surface area contributed by atoms with Crippen LogP contribution in [0.4, 0.5) is 17.1 Å². The normalized spacial score (nSPS) is 13.4. The molecular weight excluding hydrogens is 430 g/mol. The van der Waals surface area contributed by atoms with Gasteiger partial charge in [0.15, 0.2) is 0 Å². The fourth-order valence-corrected chi connectivity index (χ4v) is 3.83. The molecule has 1 heterocycles. The number of imide groups is 1. The van der Waals surface area contributed by atoms with Crippen LogP contribution in [0.15, 0.2) is 72.4 Å². The highest BCUT2D eigenvalue weighted by molar-refractivity contribution is 6.46. The van der Waals surface area contributed by atoms with Crippen LogP contribution >= 0.6 is 0 Å². The SMILES string of the molecule is COc1ccc(C2=C(Nc3ccc(NC(C)=O)cc3)C(=O)N(c3cc(C)ccc3C)C2=O)cc1. The van der Waals surface area contributed by atoms with Crippen molar-refractivity contribution >= 4 is 40.4 Å². The van der Waals surface area contributed by atoms with E-state index in [4.69, 9.17) is 4.74 Å². The Labute approximate surface area is 198 Å². The number of carbonyl (C=O) groups is 3. The van der Waals surface area contributed by atoms with E-state index in [0.29, 0.717) is 28.4 Å². The van der Waals surface area contributed by atoms with Crippen LogP contribution < -0.4 is 20.3 Å². The van der Waals surface area contributed by atoms with Crippen molar-refractivity contribution in [3.05, 3.63) is 89.1 Å². The van der Waals surface area contributed by atoms with Crippen LogP contribution in [0.1, 0.15) is 23.6 Å². The summed E-state index contributed by atoms with van der Waals surface area (Å²) < 4.78 is 5.24. The standard InChI is InChI=1S/C27H25N3O4/c1-16-5-6-17(2)23(15-16)30-26(32)24(19-7-13-22(34-4)14-8-19)25(27(30)33)29-21-11-9-20(10-12-21)28-18(3)31/h5-15,29H,1-4H3,(H,28,31). The highest BCUT2D eigenvalue weighted by atomic mass is 16.5. The average molecular weight is 456 g/mol. The van der Waals surface area contributed by atoms with Gasteiger partial charge in [0.05, 0.1) is 18.4 Å². The molecule has 0 bridgehead atoms. The van der Waals surface area contributed by atoms with E-state index >= 15 is 0 Å². The predicted molar refractivity (Wildman–Crippen MR) is 133 cm³/mol. The minimum atomic E-state index is -0.435. The topological polar surface area (TPSA) is 87.7 Å². The number of nitrogens with one attached hydrogen (secondary N) is 2. The Morgan fingerprint density at radius 3 is 2.12 bits per heavy atom. The molecule has 0 unspecified atom stereocenters. The van der Waals surface area contributed by atoms with Crippen molar-refractivity contribution in [2.75, 3.05) is 22.6 Å². The highest BCUT2D eigenvalue weighted by Crippen LogP contribution is 2.36. The first-order valence-corrected chi connectivity index (χ1v) is 10.8. The van der Waals surface area contributed by atoms with Gasteiger partial charge in [-0.05, 0) is 73.0 Å². The Hall–Kier alpha value is -4.39. The molecule has 0 spiro atoms. The van der Waals surface area contributed by atoms with Crippen molar-refractivity contribution in [1.82, 2.24) is 0 Å². The van der Waals surface area contributed by atoms with Gasteiger partial charge in [-0.1, -0.05) is 24.3 Å². The number of ether oxygens (including phenoxy) is 1. The number of rotatable bonds is 6. The van der Waals surface area contributed by atoms with E-state index in [-0.39, 0.29) is 17.2 Å². The lowest BCUT2D eigenvalue weighted by molar-refractivity contribution is -0.120. The van der Waals surface area contributed by atoms with E-state index in [0.717, 1.165) is 11.1 Å². The molecule has 7 nitrogen and oxygen atoms in total. The summed E-state index contributed by atoms with van der Waals surface area (Å²) >= 11 is 0. The minimum absolute atomic E-state index is 0.175. The number of benzene rings is 3. The van der Waals surface area contributed by atoms with Crippen molar-refractivity contribution in [3.8, 4) is 5.75 Å². The second-order valence-electron chi connectivity index (χ2n) is 8.10. The molecule has 0 atom stereocenters. The molecule has 172 valence electrons. The van der Waals surface area contributed by atoms with E-state index in [9.17, 15) is 14.4 Å². The number of aryl methyl sites for hydroxylation is 2. The maximum absolute atomic E-state index is 13.6. The minimum Gasteiger partial charge on any atom is -0.497 e. The summed E-state index contributed by atoms with van der Waals surface area (Å²) in [4.78, 5) is 39.8. The molecular formula is C27H25N3O4. The monoisotopic (exact) mass is 455 g/mol. The fraction of sp³-hybridized carbons (Fsp3) is 0.148. The number of methoxy groups -OCH3 is 1. The molecule has 34 heavy (non-hydrogen) atoms. The Morgan fingerprint density at radius 2 is 1.50 bits per heavy atom. The van der Waals surface area contributed by atoms with Crippen molar-refractivity contribution in [3.63, 3.8) is 0 Å². The molecule has 0 fully saturated rings. The van der Waals surface area contributed by atoms with Gasteiger partial charge in [0.25, 0.3) is 11.8 Å². The van der Waals surface area contributed by atoms with Crippen molar-refractivity contribution < 1.29 is 19.1 Å². The Bertz CT molecular complexity index is 1310. The summed E-state index contributed by atoms with van der Waals surface area (Å²) in [6, 6.07) is 19.6. The van der Waals surface area contributed by atoms with Gasteiger partial charge in [-0.2, -0.15) is 0 Å². The third kappa shape index (κ3) is 4.41. The largest absolute Gasteiger partial charge is 0.497 e. The number of nitrogens with zero attached hydrogens (tertiary/aromatic N) is 1. The van der Waals surface area contributed by atoms with E-state index in [1.807, 2.05) is 32.0 Å². The zero-order valence-corrected chi connectivity index (χ0v) is 19.4. The van der Waals surface area contributed by atoms with E-state index < -0.39 is 11.8 Å². The van der Waals surface area contributed by atoms with Gasteiger partial charge in [-0.3, -0.25) is 14.4 Å². The molecule has 7 heteroatoms. The smallest absolute Gasteiger partial charge is 0.282 e. The molecule has 3 aromatic rings. The van der Waals surface area contributed by atoms with Gasteiger partial charge in [-0.15, -0.1) is 0 Å². The number of carbonyl (C=O) groups excluding carboxylic acids is 3. The third-order valence-corrected chi connectivity index (χ3v) is 5.54. The van der Waals surface area contributed by atoms with E-state index in [1.165, 1.54) is 11.8 Å². The van der Waals surface area contributed by atoms with Crippen LogP contribution in [-0.2, 0) is 14.4 Å². The lowest BCUT2D eigenvalue weighted by Crippen LogP contribution is -2.33. The Morgan fingerprint density at radius 1 is 0.853 bits per heavy atom. The maximum atomic E-state index is 13.6. The van der Waals surface area contributed by atoms with Gasteiger partial charge in [0.1, 0.15) is 11.4 Å². The van der Waals surface area contributed by atoms with Crippen molar-refractivity contribution in [1.29, 1.82) is 0 Å². The maximum Gasteiger partial charge on any atom is 0.282 e. The first-order chi connectivity index (χ1) is 16.3. The van der Waals surface area contributed by atoms with Gasteiger partial charge in [-0.25, -0.2) is 4.90 Å². The summed E-state index contributed by atoms with van der Waals surface area (Å²) in [5, 5.41) is 5.84. The Balaban J connectivity index is 1.77. The molecule has 3 aromatic carbocycles. The Kier molecular flexibility index (Phi) is 6.19. The van der Waals surface area contributed by atoms with Crippen LogP contribution in [0.3, 0.4) is 0 Å². The zero-order valence-electron chi connectivity index (χ0n) is 19.4. The molecule has 2 N–H and O–H groups in total. The molecule has 3 amide bonds. The first-order valence-electron chi connectivity index (χ1n) is 10.8. The summed E-state index contributed by atoms with van der Waals surface area (Å²) in [7, 11) is 1.57. The summed E-state index contributed by atoms with van der Waals surface area (Å²) in [6.07, 6.45) is 0. The van der Waals surface area contributed by atoms with Crippen LogP contribution in [0.2, 0.25) is 0 Å². The predicted octanol–water partition coefficient (Wildman–Crippen LogP) is 4.67. The average Bonchev–Trinajstić information content (AvgIpc) is 3.05. The number of hydrogen-bond acceptors (Lipinski definition) is 5. The van der Waals surface area contributed by atoms with Gasteiger partial charge >= 0.3 is 0 Å². The van der Waals surface area contributed by atoms with Gasteiger partial charge in [0.2, 0.25) is 5.91 Å². The van der Waals surface area contributed by atoms with E-state index in [2.05, 4.69) is 10.6 Å². The van der Waals surface area contributed by atoms with Crippen LogP contribution in [0, 0.1) is 13.8 Å². The van der Waals surface area contributed by atoms with Gasteiger partial charge in [0, 0.05) is 18.3 Å². The fourth-order valence-electron chi connectivity index (χ4n) is 3.83. The van der Waals surface area contributed by atoms with Crippen LogP contribution in [0.5, 0.6) is 5.75 Å². The van der Waals surface area contributed by atoms with Gasteiger partial charge < -0.3 is 15.4 Å². The molecule has 1 aliphatic rings. The second kappa shape index (κ2) is 9.23. The first kappa shape index (κ1) is 22.8. The van der Waals surface area contributed by atoms with Crippen LogP contribution in [0.25, 0.3) is 5.57 Å².